The Bertz CT molecular complexity index is 590. The molecular weight excluding hydrogens is 256 g/mol. The average molecular weight is 274 g/mol. The molecule has 2 aromatic rings. The highest BCUT2D eigenvalue weighted by Gasteiger charge is 2.09. The summed E-state index contributed by atoms with van der Waals surface area (Å²) in [6, 6.07) is 5.75. The summed E-state index contributed by atoms with van der Waals surface area (Å²) in [5.41, 5.74) is 5.14. The van der Waals surface area contributed by atoms with Crippen molar-refractivity contribution in [2.24, 2.45) is 0 Å². The first-order valence-corrected chi connectivity index (χ1v) is 7.14. The standard InChI is InChI=1S/C15H18N2OS/c1-10-6-13(16-3)4-5-14(10)15(18)17-7-12-9-19-8-11(12)2/h4-6,8-9,16H,7H2,1-3H3,(H,17,18). The van der Waals surface area contributed by atoms with Crippen LogP contribution in [0.15, 0.2) is 29.0 Å². The molecule has 1 amide bonds. The van der Waals surface area contributed by atoms with Crippen molar-refractivity contribution >= 4 is 22.9 Å². The van der Waals surface area contributed by atoms with Crippen LogP contribution in [0.4, 0.5) is 5.69 Å². The molecule has 4 heteroatoms. The minimum atomic E-state index is -0.0225. The normalized spacial score (nSPS) is 10.3. The Labute approximate surface area is 117 Å². The van der Waals surface area contributed by atoms with E-state index in [1.807, 2.05) is 32.2 Å². The SMILES string of the molecule is CNc1ccc(C(=O)NCc2cscc2C)c(C)c1. The van der Waals surface area contributed by atoms with Crippen molar-refractivity contribution in [3.05, 3.63) is 51.2 Å². The van der Waals surface area contributed by atoms with E-state index in [0.29, 0.717) is 6.54 Å². The van der Waals surface area contributed by atoms with E-state index in [1.165, 1.54) is 11.1 Å². The zero-order chi connectivity index (χ0) is 13.8. The fourth-order valence-electron chi connectivity index (χ4n) is 1.91. The van der Waals surface area contributed by atoms with E-state index < -0.39 is 0 Å². The van der Waals surface area contributed by atoms with Gasteiger partial charge in [-0.05, 0) is 59.5 Å². The van der Waals surface area contributed by atoms with E-state index >= 15 is 0 Å². The smallest absolute Gasteiger partial charge is 0.251 e. The summed E-state index contributed by atoms with van der Waals surface area (Å²) in [4.78, 5) is 12.1. The predicted molar refractivity (Wildman–Crippen MR) is 81.0 cm³/mol. The third-order valence-electron chi connectivity index (χ3n) is 3.16. The molecule has 3 nitrogen and oxygen atoms in total. The first kappa shape index (κ1) is 13.6. The van der Waals surface area contributed by atoms with Gasteiger partial charge in [0.15, 0.2) is 0 Å². The van der Waals surface area contributed by atoms with E-state index in [0.717, 1.165) is 16.8 Å². The number of benzene rings is 1. The first-order chi connectivity index (χ1) is 9.11. The van der Waals surface area contributed by atoms with E-state index in [2.05, 4.69) is 28.3 Å². The Kier molecular flexibility index (Phi) is 4.22. The molecule has 0 aliphatic heterocycles. The van der Waals surface area contributed by atoms with Crippen LogP contribution in [0.5, 0.6) is 0 Å². The van der Waals surface area contributed by atoms with Gasteiger partial charge >= 0.3 is 0 Å². The minimum absolute atomic E-state index is 0.0225. The number of aryl methyl sites for hydroxylation is 2. The maximum Gasteiger partial charge on any atom is 0.251 e. The molecule has 1 aromatic carbocycles. The molecule has 0 saturated heterocycles. The van der Waals surface area contributed by atoms with Gasteiger partial charge in [-0.2, -0.15) is 11.3 Å². The fourth-order valence-corrected chi connectivity index (χ4v) is 2.77. The van der Waals surface area contributed by atoms with E-state index in [4.69, 9.17) is 0 Å². The zero-order valence-electron chi connectivity index (χ0n) is 11.4. The number of hydrogen-bond acceptors (Lipinski definition) is 3. The molecule has 100 valence electrons. The van der Waals surface area contributed by atoms with Crippen molar-refractivity contribution in [1.82, 2.24) is 5.32 Å². The Hall–Kier alpha value is -1.81. The molecule has 19 heavy (non-hydrogen) atoms. The lowest BCUT2D eigenvalue weighted by Gasteiger charge is -2.09. The van der Waals surface area contributed by atoms with Crippen molar-refractivity contribution in [3.63, 3.8) is 0 Å². The number of carbonyl (C=O) groups excluding carboxylic acids is 1. The largest absolute Gasteiger partial charge is 0.388 e. The minimum Gasteiger partial charge on any atom is -0.388 e. The monoisotopic (exact) mass is 274 g/mol. The van der Waals surface area contributed by atoms with Crippen LogP contribution in [0, 0.1) is 13.8 Å². The van der Waals surface area contributed by atoms with Gasteiger partial charge in [-0.25, -0.2) is 0 Å². The Balaban J connectivity index is 2.06. The second kappa shape index (κ2) is 5.89. The van der Waals surface area contributed by atoms with Crippen molar-refractivity contribution in [3.8, 4) is 0 Å². The van der Waals surface area contributed by atoms with Gasteiger partial charge in [0.25, 0.3) is 5.91 Å². The molecule has 0 aliphatic carbocycles. The summed E-state index contributed by atoms with van der Waals surface area (Å²) in [7, 11) is 1.87. The lowest BCUT2D eigenvalue weighted by Crippen LogP contribution is -2.23. The highest BCUT2D eigenvalue weighted by molar-refractivity contribution is 7.08. The summed E-state index contributed by atoms with van der Waals surface area (Å²) in [6.07, 6.45) is 0. The van der Waals surface area contributed by atoms with E-state index in [-0.39, 0.29) is 5.91 Å². The molecule has 0 atom stereocenters. The third-order valence-corrected chi connectivity index (χ3v) is 4.07. The number of nitrogens with one attached hydrogen (secondary N) is 2. The summed E-state index contributed by atoms with van der Waals surface area (Å²) in [6.45, 7) is 4.60. The van der Waals surface area contributed by atoms with Gasteiger partial charge in [0.05, 0.1) is 0 Å². The summed E-state index contributed by atoms with van der Waals surface area (Å²) in [5, 5.41) is 10.2. The van der Waals surface area contributed by atoms with E-state index in [1.54, 1.807) is 11.3 Å². The quantitative estimate of drug-likeness (QED) is 0.898. The van der Waals surface area contributed by atoms with Crippen LogP contribution in [-0.2, 0) is 6.54 Å². The Morgan fingerprint density at radius 1 is 1.21 bits per heavy atom. The molecule has 0 bridgehead atoms. The van der Waals surface area contributed by atoms with Crippen LogP contribution in [-0.4, -0.2) is 13.0 Å². The van der Waals surface area contributed by atoms with Gasteiger partial charge in [0, 0.05) is 24.8 Å². The summed E-state index contributed by atoms with van der Waals surface area (Å²) in [5.74, 6) is -0.0225. The molecule has 2 N–H and O–H groups in total. The topological polar surface area (TPSA) is 41.1 Å². The van der Waals surface area contributed by atoms with Crippen molar-refractivity contribution < 1.29 is 4.79 Å². The average Bonchev–Trinajstić information content (AvgIpc) is 2.81. The zero-order valence-corrected chi connectivity index (χ0v) is 12.2. The highest BCUT2D eigenvalue weighted by Crippen LogP contribution is 2.16. The third kappa shape index (κ3) is 3.15. The highest BCUT2D eigenvalue weighted by atomic mass is 32.1. The molecule has 0 aliphatic rings. The maximum absolute atomic E-state index is 12.1. The first-order valence-electron chi connectivity index (χ1n) is 6.20. The van der Waals surface area contributed by atoms with E-state index in [9.17, 15) is 4.79 Å². The molecule has 0 fully saturated rings. The van der Waals surface area contributed by atoms with Crippen molar-refractivity contribution in [2.45, 2.75) is 20.4 Å². The van der Waals surface area contributed by atoms with Gasteiger partial charge in [0.2, 0.25) is 0 Å². The molecule has 2 rings (SSSR count). The molecule has 0 radical (unpaired) electrons. The molecule has 0 spiro atoms. The van der Waals surface area contributed by atoms with Crippen molar-refractivity contribution in [2.75, 3.05) is 12.4 Å². The lowest BCUT2D eigenvalue weighted by atomic mass is 10.1. The van der Waals surface area contributed by atoms with Gasteiger partial charge in [-0.1, -0.05) is 0 Å². The van der Waals surface area contributed by atoms with Crippen LogP contribution in [0.25, 0.3) is 0 Å². The van der Waals surface area contributed by atoms with Crippen LogP contribution in [0.1, 0.15) is 27.0 Å². The van der Waals surface area contributed by atoms with Gasteiger partial charge in [0.1, 0.15) is 0 Å². The number of rotatable bonds is 4. The molecule has 0 unspecified atom stereocenters. The van der Waals surface area contributed by atoms with Crippen molar-refractivity contribution in [1.29, 1.82) is 0 Å². The molecular formula is C15H18N2OS. The van der Waals surface area contributed by atoms with Gasteiger partial charge < -0.3 is 10.6 Å². The molecule has 1 heterocycles. The Morgan fingerprint density at radius 2 is 2.00 bits per heavy atom. The molecule has 0 saturated carbocycles. The number of anilines is 1. The second-order valence-corrected chi connectivity index (χ2v) is 5.29. The van der Waals surface area contributed by atoms with Crippen LogP contribution < -0.4 is 10.6 Å². The summed E-state index contributed by atoms with van der Waals surface area (Å²) >= 11 is 1.66. The Morgan fingerprint density at radius 3 is 2.58 bits per heavy atom. The maximum atomic E-state index is 12.1. The van der Waals surface area contributed by atoms with Gasteiger partial charge in [-0.15, -0.1) is 0 Å². The van der Waals surface area contributed by atoms with Crippen LogP contribution in [0.3, 0.4) is 0 Å². The fraction of sp³-hybridized carbons (Fsp3) is 0.267. The van der Waals surface area contributed by atoms with Crippen LogP contribution in [0.2, 0.25) is 0 Å². The predicted octanol–water partition coefficient (Wildman–Crippen LogP) is 3.34. The summed E-state index contributed by atoms with van der Waals surface area (Å²) < 4.78 is 0. The molecule has 1 aromatic heterocycles. The number of thiophene rings is 1. The number of carbonyl (C=O) groups is 1. The van der Waals surface area contributed by atoms with Crippen LogP contribution >= 0.6 is 11.3 Å². The number of hydrogen-bond donors (Lipinski definition) is 2. The second-order valence-electron chi connectivity index (χ2n) is 4.54. The van der Waals surface area contributed by atoms with Gasteiger partial charge in [-0.3, -0.25) is 4.79 Å². The number of amides is 1. The lowest BCUT2D eigenvalue weighted by molar-refractivity contribution is 0.0950.